The standard InChI is InChI=1S/C9H18N2O5S/c1-16-3-2-10-9(15)11-8(14)6-17-5-7(13)4-12/h7,12-13H,2-6H2,1H3,(H2,10,11,14,15). The van der Waals surface area contributed by atoms with Gasteiger partial charge in [0.1, 0.15) is 0 Å². The van der Waals surface area contributed by atoms with Gasteiger partial charge in [0.25, 0.3) is 0 Å². The summed E-state index contributed by atoms with van der Waals surface area (Å²) in [7, 11) is 1.51. The molecule has 0 aliphatic rings. The van der Waals surface area contributed by atoms with Gasteiger partial charge in [0.05, 0.1) is 25.1 Å². The Labute approximate surface area is 104 Å². The van der Waals surface area contributed by atoms with Crippen LogP contribution in [0.2, 0.25) is 0 Å². The number of methoxy groups -OCH3 is 1. The Morgan fingerprint density at radius 1 is 1.47 bits per heavy atom. The zero-order chi connectivity index (χ0) is 13.1. The minimum atomic E-state index is -0.844. The van der Waals surface area contributed by atoms with Crippen molar-refractivity contribution in [2.24, 2.45) is 0 Å². The van der Waals surface area contributed by atoms with E-state index in [1.165, 1.54) is 7.11 Å². The number of aliphatic hydroxyl groups is 2. The molecule has 0 aliphatic carbocycles. The molecule has 8 heteroatoms. The second kappa shape index (κ2) is 10.3. The summed E-state index contributed by atoms with van der Waals surface area (Å²) in [6.07, 6.45) is -0.844. The van der Waals surface area contributed by atoms with Crippen molar-refractivity contribution < 1.29 is 24.5 Å². The lowest BCUT2D eigenvalue weighted by Crippen LogP contribution is -2.41. The number of carbonyl (C=O) groups is 2. The van der Waals surface area contributed by atoms with Crippen molar-refractivity contribution in [3.63, 3.8) is 0 Å². The van der Waals surface area contributed by atoms with Gasteiger partial charge < -0.3 is 20.3 Å². The molecule has 17 heavy (non-hydrogen) atoms. The van der Waals surface area contributed by atoms with E-state index >= 15 is 0 Å². The number of rotatable bonds is 8. The van der Waals surface area contributed by atoms with Gasteiger partial charge in [-0.05, 0) is 0 Å². The molecule has 0 saturated carbocycles. The van der Waals surface area contributed by atoms with Gasteiger partial charge in [-0.2, -0.15) is 0 Å². The maximum Gasteiger partial charge on any atom is 0.321 e. The Morgan fingerprint density at radius 2 is 2.18 bits per heavy atom. The smallest absolute Gasteiger partial charge is 0.321 e. The van der Waals surface area contributed by atoms with Crippen LogP contribution in [-0.2, 0) is 9.53 Å². The predicted octanol–water partition coefficient (Wildman–Crippen LogP) is -1.45. The third-order valence-electron chi connectivity index (χ3n) is 1.60. The Morgan fingerprint density at radius 3 is 2.76 bits per heavy atom. The Hall–Kier alpha value is -0.830. The zero-order valence-corrected chi connectivity index (χ0v) is 10.5. The number of urea groups is 1. The van der Waals surface area contributed by atoms with E-state index in [0.29, 0.717) is 13.2 Å². The van der Waals surface area contributed by atoms with Gasteiger partial charge in [0.15, 0.2) is 0 Å². The van der Waals surface area contributed by atoms with Crippen molar-refractivity contribution >= 4 is 23.7 Å². The van der Waals surface area contributed by atoms with Crippen LogP contribution in [0.5, 0.6) is 0 Å². The highest BCUT2D eigenvalue weighted by Gasteiger charge is 2.08. The van der Waals surface area contributed by atoms with Crippen LogP contribution in [0, 0.1) is 0 Å². The highest BCUT2D eigenvalue weighted by atomic mass is 32.2. The summed E-state index contributed by atoms with van der Waals surface area (Å²) in [5.74, 6) is -0.153. The van der Waals surface area contributed by atoms with Crippen molar-refractivity contribution in [1.82, 2.24) is 10.6 Å². The molecule has 0 aromatic rings. The van der Waals surface area contributed by atoms with Crippen molar-refractivity contribution in [1.29, 1.82) is 0 Å². The lowest BCUT2D eigenvalue weighted by atomic mass is 10.4. The Bertz CT molecular complexity index is 239. The number of hydrogen-bond acceptors (Lipinski definition) is 6. The second-order valence-electron chi connectivity index (χ2n) is 3.15. The average molecular weight is 266 g/mol. The third-order valence-corrected chi connectivity index (χ3v) is 2.69. The van der Waals surface area contributed by atoms with E-state index in [0.717, 1.165) is 11.8 Å². The molecule has 0 aromatic carbocycles. The summed E-state index contributed by atoms with van der Waals surface area (Å²) < 4.78 is 4.72. The third kappa shape index (κ3) is 10.1. The fourth-order valence-electron chi connectivity index (χ4n) is 0.814. The maximum atomic E-state index is 11.2. The molecule has 100 valence electrons. The molecule has 0 aromatic heterocycles. The first-order valence-electron chi connectivity index (χ1n) is 5.03. The molecule has 1 unspecified atom stereocenters. The molecule has 0 rings (SSSR count). The molecule has 0 radical (unpaired) electrons. The fourth-order valence-corrected chi connectivity index (χ4v) is 1.57. The van der Waals surface area contributed by atoms with Crippen molar-refractivity contribution in [2.45, 2.75) is 6.10 Å². The number of hydrogen-bond donors (Lipinski definition) is 4. The molecule has 0 fully saturated rings. The van der Waals surface area contributed by atoms with E-state index in [9.17, 15) is 9.59 Å². The van der Waals surface area contributed by atoms with Gasteiger partial charge in [-0.15, -0.1) is 11.8 Å². The summed E-state index contributed by atoms with van der Waals surface area (Å²) >= 11 is 1.14. The van der Waals surface area contributed by atoms with Gasteiger partial charge in [0, 0.05) is 19.4 Å². The summed E-state index contributed by atoms with van der Waals surface area (Å²) in [6, 6.07) is -0.574. The molecular formula is C9H18N2O5S. The van der Waals surface area contributed by atoms with Crippen LogP contribution in [0.25, 0.3) is 0 Å². The van der Waals surface area contributed by atoms with Gasteiger partial charge in [-0.3, -0.25) is 10.1 Å². The van der Waals surface area contributed by atoms with E-state index in [2.05, 4.69) is 10.6 Å². The summed E-state index contributed by atoms with van der Waals surface area (Å²) in [4.78, 5) is 22.3. The minimum Gasteiger partial charge on any atom is -0.394 e. The molecule has 7 nitrogen and oxygen atoms in total. The molecule has 0 saturated heterocycles. The molecule has 0 aliphatic heterocycles. The van der Waals surface area contributed by atoms with Crippen molar-refractivity contribution in [3.05, 3.63) is 0 Å². The van der Waals surface area contributed by atoms with Crippen molar-refractivity contribution in [3.8, 4) is 0 Å². The normalized spacial score (nSPS) is 11.9. The lowest BCUT2D eigenvalue weighted by Gasteiger charge is -2.07. The summed E-state index contributed by atoms with van der Waals surface area (Å²) in [6.45, 7) is 0.358. The quantitative estimate of drug-likeness (QED) is 0.400. The first-order chi connectivity index (χ1) is 8.10. The molecule has 1 atom stereocenters. The maximum absolute atomic E-state index is 11.2. The van der Waals surface area contributed by atoms with E-state index in [1.807, 2.05) is 0 Å². The number of nitrogens with one attached hydrogen (secondary N) is 2. The molecular weight excluding hydrogens is 248 g/mol. The van der Waals surface area contributed by atoms with Gasteiger partial charge in [0.2, 0.25) is 5.91 Å². The molecule has 0 bridgehead atoms. The topological polar surface area (TPSA) is 108 Å². The first kappa shape index (κ1) is 16.2. The monoisotopic (exact) mass is 266 g/mol. The summed E-state index contributed by atoms with van der Waals surface area (Å²) in [5.41, 5.74) is 0. The van der Waals surface area contributed by atoms with Crippen LogP contribution in [0.3, 0.4) is 0 Å². The highest BCUT2D eigenvalue weighted by Crippen LogP contribution is 2.01. The zero-order valence-electron chi connectivity index (χ0n) is 9.64. The first-order valence-corrected chi connectivity index (χ1v) is 6.19. The number of carbonyl (C=O) groups excluding carboxylic acids is 2. The van der Waals surface area contributed by atoms with Crippen LogP contribution >= 0.6 is 11.8 Å². The fraction of sp³-hybridized carbons (Fsp3) is 0.778. The van der Waals surface area contributed by atoms with Crippen LogP contribution in [-0.4, -0.2) is 66.6 Å². The molecule has 0 heterocycles. The average Bonchev–Trinajstić information content (AvgIpc) is 2.29. The van der Waals surface area contributed by atoms with E-state index < -0.39 is 18.0 Å². The van der Waals surface area contributed by atoms with E-state index in [4.69, 9.17) is 14.9 Å². The second-order valence-corrected chi connectivity index (χ2v) is 4.18. The number of imide groups is 1. The van der Waals surface area contributed by atoms with Gasteiger partial charge >= 0.3 is 6.03 Å². The van der Waals surface area contributed by atoms with E-state index in [1.54, 1.807) is 0 Å². The van der Waals surface area contributed by atoms with Crippen LogP contribution < -0.4 is 10.6 Å². The van der Waals surface area contributed by atoms with Crippen LogP contribution in [0.1, 0.15) is 0 Å². The number of aliphatic hydroxyl groups excluding tert-OH is 2. The Kier molecular flexibility index (Phi) is 9.83. The largest absolute Gasteiger partial charge is 0.394 e. The predicted molar refractivity (Wildman–Crippen MR) is 63.8 cm³/mol. The number of ether oxygens (including phenoxy) is 1. The van der Waals surface area contributed by atoms with Crippen LogP contribution in [0.4, 0.5) is 4.79 Å². The molecule has 3 amide bonds. The molecule has 4 N–H and O–H groups in total. The number of amides is 3. The molecule has 0 spiro atoms. The van der Waals surface area contributed by atoms with Gasteiger partial charge in [-0.25, -0.2) is 4.79 Å². The Balaban J connectivity index is 3.54. The van der Waals surface area contributed by atoms with Crippen LogP contribution in [0.15, 0.2) is 0 Å². The SMILES string of the molecule is COCCNC(=O)NC(=O)CSCC(O)CO. The van der Waals surface area contributed by atoms with Crippen molar-refractivity contribution in [2.75, 3.05) is 38.4 Å². The minimum absolute atomic E-state index is 0.0504. The van der Waals surface area contributed by atoms with Gasteiger partial charge in [-0.1, -0.05) is 0 Å². The lowest BCUT2D eigenvalue weighted by molar-refractivity contribution is -0.117. The summed E-state index contributed by atoms with van der Waals surface area (Å²) in [5, 5.41) is 22.1. The van der Waals surface area contributed by atoms with E-state index in [-0.39, 0.29) is 18.1 Å². The number of thioether (sulfide) groups is 1. The highest BCUT2D eigenvalue weighted by molar-refractivity contribution is 7.99.